The van der Waals surface area contributed by atoms with Crippen LogP contribution in [0.3, 0.4) is 0 Å². The number of aliphatic hydroxyl groups is 1. The summed E-state index contributed by atoms with van der Waals surface area (Å²) in [5.41, 5.74) is 3.25. The molecule has 0 unspecified atom stereocenters. The number of nitrogens with zero attached hydrogens (tertiary/aromatic N) is 3. The fourth-order valence-electron chi connectivity index (χ4n) is 3.67. The van der Waals surface area contributed by atoms with Gasteiger partial charge in [0.2, 0.25) is 0 Å². The zero-order chi connectivity index (χ0) is 17.4. The van der Waals surface area contributed by atoms with Crippen molar-refractivity contribution in [2.24, 2.45) is 0 Å². The Bertz CT molecular complexity index is 754. The first-order chi connectivity index (χ1) is 12.1. The third kappa shape index (κ3) is 3.47. The van der Waals surface area contributed by atoms with Crippen LogP contribution in [0.2, 0.25) is 0 Å². The lowest BCUT2D eigenvalue weighted by atomic mass is 10.1. The summed E-state index contributed by atoms with van der Waals surface area (Å²) in [5.74, 6) is 0.957. The normalized spacial score (nSPS) is 25.0. The number of aryl methyl sites for hydroxylation is 1. The lowest BCUT2D eigenvalue weighted by Crippen LogP contribution is -2.38. The zero-order valence-electron chi connectivity index (χ0n) is 14.5. The van der Waals surface area contributed by atoms with E-state index >= 15 is 0 Å². The van der Waals surface area contributed by atoms with E-state index in [1.807, 2.05) is 4.90 Å². The minimum absolute atomic E-state index is 0.273. The number of aliphatic hydroxyl groups excluding tert-OH is 1. The SMILES string of the molecule is Cc1ccc2cc(CN3C[C@@H](O)[C@H](F)C3)c(N3CCOCC3)nc2c1. The smallest absolute Gasteiger partial charge is 0.140 e. The summed E-state index contributed by atoms with van der Waals surface area (Å²) in [4.78, 5) is 9.15. The summed E-state index contributed by atoms with van der Waals surface area (Å²) in [7, 11) is 0. The number of ether oxygens (including phenoxy) is 1. The molecule has 2 saturated heterocycles. The minimum Gasteiger partial charge on any atom is -0.389 e. The number of morpholine rings is 1. The molecule has 2 aliphatic heterocycles. The van der Waals surface area contributed by atoms with Gasteiger partial charge in [-0.25, -0.2) is 9.37 Å². The Kier molecular flexibility index (Phi) is 4.58. The van der Waals surface area contributed by atoms with Gasteiger partial charge < -0.3 is 14.7 Å². The highest BCUT2D eigenvalue weighted by molar-refractivity contribution is 5.82. The average molecular weight is 345 g/mol. The molecule has 4 rings (SSSR count). The Labute approximate surface area is 147 Å². The number of likely N-dealkylation sites (tertiary alicyclic amines) is 1. The van der Waals surface area contributed by atoms with Crippen molar-refractivity contribution >= 4 is 16.7 Å². The van der Waals surface area contributed by atoms with Crippen molar-refractivity contribution in [3.63, 3.8) is 0 Å². The highest BCUT2D eigenvalue weighted by Gasteiger charge is 2.32. The van der Waals surface area contributed by atoms with Crippen molar-refractivity contribution in [3.05, 3.63) is 35.4 Å². The Hall–Kier alpha value is -1.76. The van der Waals surface area contributed by atoms with Gasteiger partial charge in [0.15, 0.2) is 0 Å². The van der Waals surface area contributed by atoms with E-state index in [0.29, 0.717) is 26.3 Å². The van der Waals surface area contributed by atoms with Gasteiger partial charge in [-0.05, 0) is 24.6 Å². The summed E-state index contributed by atoms with van der Waals surface area (Å²) >= 11 is 0. The number of hydrogen-bond acceptors (Lipinski definition) is 5. The first kappa shape index (κ1) is 16.7. The monoisotopic (exact) mass is 345 g/mol. The van der Waals surface area contributed by atoms with E-state index in [9.17, 15) is 9.50 Å². The molecule has 1 aromatic heterocycles. The fourth-order valence-corrected chi connectivity index (χ4v) is 3.67. The first-order valence-electron chi connectivity index (χ1n) is 8.87. The summed E-state index contributed by atoms with van der Waals surface area (Å²) in [6.45, 7) is 6.32. The van der Waals surface area contributed by atoms with Gasteiger partial charge in [0.1, 0.15) is 12.0 Å². The van der Waals surface area contributed by atoms with Crippen LogP contribution in [0.25, 0.3) is 10.9 Å². The van der Waals surface area contributed by atoms with Gasteiger partial charge in [0.25, 0.3) is 0 Å². The molecule has 0 amide bonds. The molecule has 6 heteroatoms. The van der Waals surface area contributed by atoms with Crippen LogP contribution in [0.1, 0.15) is 11.1 Å². The summed E-state index contributed by atoms with van der Waals surface area (Å²) in [6, 6.07) is 8.42. The van der Waals surface area contributed by atoms with Gasteiger partial charge in [0, 0.05) is 43.7 Å². The summed E-state index contributed by atoms with van der Waals surface area (Å²) in [5, 5.41) is 10.8. The van der Waals surface area contributed by atoms with Crippen molar-refractivity contribution < 1.29 is 14.2 Å². The minimum atomic E-state index is -1.16. The third-order valence-electron chi connectivity index (χ3n) is 5.03. The summed E-state index contributed by atoms with van der Waals surface area (Å²) < 4.78 is 19.2. The van der Waals surface area contributed by atoms with Crippen LogP contribution in [0, 0.1) is 6.92 Å². The van der Waals surface area contributed by atoms with Crippen LogP contribution in [0.15, 0.2) is 24.3 Å². The predicted molar refractivity (Wildman–Crippen MR) is 95.7 cm³/mol. The maximum absolute atomic E-state index is 13.7. The number of alkyl halides is 1. The predicted octanol–water partition coefficient (Wildman–Crippen LogP) is 1.89. The van der Waals surface area contributed by atoms with Crippen LogP contribution in [0.4, 0.5) is 10.2 Å². The van der Waals surface area contributed by atoms with Crippen LogP contribution in [-0.2, 0) is 11.3 Å². The average Bonchev–Trinajstić information content (AvgIpc) is 2.93. The second kappa shape index (κ2) is 6.86. The third-order valence-corrected chi connectivity index (χ3v) is 5.03. The molecule has 2 aliphatic rings. The van der Waals surface area contributed by atoms with Crippen molar-refractivity contribution in [1.82, 2.24) is 9.88 Å². The molecule has 25 heavy (non-hydrogen) atoms. The molecular weight excluding hydrogens is 321 g/mol. The van der Waals surface area contributed by atoms with Crippen LogP contribution in [0.5, 0.6) is 0 Å². The second-order valence-corrected chi connectivity index (χ2v) is 7.04. The van der Waals surface area contributed by atoms with E-state index in [-0.39, 0.29) is 6.54 Å². The van der Waals surface area contributed by atoms with Gasteiger partial charge in [0.05, 0.1) is 24.8 Å². The fraction of sp³-hybridized carbons (Fsp3) is 0.526. The van der Waals surface area contributed by atoms with Crippen LogP contribution < -0.4 is 4.90 Å². The number of rotatable bonds is 3. The molecule has 0 spiro atoms. The number of pyridine rings is 1. The Morgan fingerprint density at radius 1 is 1.24 bits per heavy atom. The number of aromatic nitrogens is 1. The number of hydrogen-bond donors (Lipinski definition) is 1. The lowest BCUT2D eigenvalue weighted by Gasteiger charge is -2.30. The second-order valence-electron chi connectivity index (χ2n) is 7.04. The topological polar surface area (TPSA) is 48.8 Å². The van der Waals surface area contributed by atoms with Crippen molar-refractivity contribution in [3.8, 4) is 0 Å². The Morgan fingerprint density at radius 2 is 2.04 bits per heavy atom. The van der Waals surface area contributed by atoms with E-state index < -0.39 is 12.3 Å². The van der Waals surface area contributed by atoms with Gasteiger partial charge in [-0.1, -0.05) is 12.1 Å². The van der Waals surface area contributed by atoms with E-state index in [1.165, 1.54) is 5.56 Å². The molecule has 5 nitrogen and oxygen atoms in total. The number of halogens is 1. The molecule has 1 aromatic carbocycles. The van der Waals surface area contributed by atoms with Crippen LogP contribution in [-0.4, -0.2) is 66.7 Å². The van der Waals surface area contributed by atoms with E-state index in [1.54, 1.807) is 0 Å². The van der Waals surface area contributed by atoms with E-state index in [2.05, 4.69) is 36.1 Å². The molecule has 0 bridgehead atoms. The van der Waals surface area contributed by atoms with Crippen molar-refractivity contribution in [2.45, 2.75) is 25.7 Å². The van der Waals surface area contributed by atoms with E-state index in [4.69, 9.17) is 9.72 Å². The largest absolute Gasteiger partial charge is 0.389 e. The Balaban J connectivity index is 1.70. The van der Waals surface area contributed by atoms with Gasteiger partial charge in [-0.15, -0.1) is 0 Å². The van der Waals surface area contributed by atoms with Gasteiger partial charge in [-0.3, -0.25) is 4.90 Å². The molecule has 3 heterocycles. The van der Waals surface area contributed by atoms with Crippen LogP contribution >= 0.6 is 0 Å². The standard InChI is InChI=1S/C19H24FN3O2/c1-13-2-3-14-9-15(10-22-11-16(20)18(24)12-22)19(21-17(14)8-13)23-4-6-25-7-5-23/h2-3,8-9,16,18,24H,4-7,10-12H2,1H3/t16-,18-/m1/s1. The maximum atomic E-state index is 13.7. The quantitative estimate of drug-likeness (QED) is 0.921. The van der Waals surface area contributed by atoms with Gasteiger partial charge >= 0.3 is 0 Å². The first-order valence-corrected chi connectivity index (χ1v) is 8.87. The molecular formula is C19H24FN3O2. The molecule has 2 fully saturated rings. The number of β-amino-alcohol motifs (C(OH)–C–C–N with tert-alkyl or cyclic N) is 1. The molecule has 2 atom stereocenters. The van der Waals surface area contributed by atoms with Crippen molar-refractivity contribution in [2.75, 3.05) is 44.3 Å². The molecule has 1 N–H and O–H groups in total. The molecule has 0 saturated carbocycles. The molecule has 2 aromatic rings. The van der Waals surface area contributed by atoms with Gasteiger partial charge in [-0.2, -0.15) is 0 Å². The lowest BCUT2D eigenvalue weighted by molar-refractivity contribution is 0.115. The highest BCUT2D eigenvalue weighted by atomic mass is 19.1. The zero-order valence-corrected chi connectivity index (χ0v) is 14.5. The van der Waals surface area contributed by atoms with E-state index in [0.717, 1.165) is 35.4 Å². The molecule has 0 aliphatic carbocycles. The molecule has 134 valence electrons. The highest BCUT2D eigenvalue weighted by Crippen LogP contribution is 2.28. The number of anilines is 1. The Morgan fingerprint density at radius 3 is 2.76 bits per heavy atom. The van der Waals surface area contributed by atoms with Crippen molar-refractivity contribution in [1.29, 1.82) is 0 Å². The summed E-state index contributed by atoms with van der Waals surface area (Å²) in [6.07, 6.45) is -2.05. The number of fused-ring (bicyclic) bond motifs is 1. The number of benzene rings is 1. The maximum Gasteiger partial charge on any atom is 0.140 e. The molecule has 0 radical (unpaired) electrons.